The van der Waals surface area contributed by atoms with Gasteiger partial charge >= 0.3 is 0 Å². The molecule has 4 heterocycles. The van der Waals surface area contributed by atoms with Crippen molar-refractivity contribution in [1.29, 1.82) is 0 Å². The molecule has 1 aromatic carbocycles. The largest absolute Gasteiger partial charge is 0.632 e. The molecule has 0 spiro atoms. The molecule has 0 amide bonds. The van der Waals surface area contributed by atoms with Crippen molar-refractivity contribution in [3.8, 4) is 0 Å². The number of pyridine rings is 1. The fourth-order valence-corrected chi connectivity index (χ4v) is 4.53. The zero-order valence-electron chi connectivity index (χ0n) is 13.1. The van der Waals surface area contributed by atoms with Crippen LogP contribution >= 0.6 is 0 Å². The van der Waals surface area contributed by atoms with Crippen LogP contribution < -0.4 is 0 Å². The maximum Gasteiger partial charge on any atom is 0.132 e. The van der Waals surface area contributed by atoms with Crippen LogP contribution in [0.25, 0.3) is 10.9 Å². The summed E-state index contributed by atoms with van der Waals surface area (Å²) in [6.45, 7) is 5.05. The topological polar surface area (TPSA) is 56.2 Å². The van der Waals surface area contributed by atoms with Gasteiger partial charge in [0.2, 0.25) is 0 Å². The van der Waals surface area contributed by atoms with Gasteiger partial charge in [-0.2, -0.15) is 0 Å². The fourth-order valence-electron chi connectivity index (χ4n) is 4.53. The van der Waals surface area contributed by atoms with E-state index in [2.05, 4.69) is 11.6 Å². The monoisotopic (exact) mass is 310 g/mol. The molecule has 3 fully saturated rings. The molecule has 4 heteroatoms. The number of piperidine rings is 3. The molecule has 4 nitrogen and oxygen atoms in total. The molecule has 0 radical (unpaired) electrons. The lowest BCUT2D eigenvalue weighted by atomic mass is 9.73. The number of para-hydroxylation sites is 1. The minimum atomic E-state index is -0.742. The van der Waals surface area contributed by atoms with E-state index in [1.54, 1.807) is 6.20 Å². The molecule has 3 saturated heterocycles. The Kier molecular flexibility index (Phi) is 3.48. The molecule has 0 aliphatic carbocycles. The summed E-state index contributed by atoms with van der Waals surface area (Å²) in [5.41, 5.74) is 1.69. The van der Waals surface area contributed by atoms with Crippen molar-refractivity contribution in [2.24, 2.45) is 11.8 Å². The number of benzene rings is 1. The highest BCUT2D eigenvalue weighted by Gasteiger charge is 2.49. The molecule has 1 aromatic heterocycles. The fraction of sp³-hybridized carbons (Fsp3) is 0.421. The van der Waals surface area contributed by atoms with Crippen molar-refractivity contribution >= 4 is 10.9 Å². The molecule has 5 atom stereocenters. The van der Waals surface area contributed by atoms with E-state index in [1.165, 1.54) is 0 Å². The van der Waals surface area contributed by atoms with Crippen LogP contribution in [0.2, 0.25) is 0 Å². The third-order valence-corrected chi connectivity index (χ3v) is 5.82. The van der Waals surface area contributed by atoms with E-state index in [0.29, 0.717) is 24.9 Å². The predicted molar refractivity (Wildman–Crippen MR) is 90.3 cm³/mol. The van der Waals surface area contributed by atoms with Crippen molar-refractivity contribution in [2.45, 2.75) is 25.0 Å². The van der Waals surface area contributed by atoms with Crippen LogP contribution in [0, 0.1) is 17.0 Å². The number of hydroxylamine groups is 3. The summed E-state index contributed by atoms with van der Waals surface area (Å²) in [6.07, 6.45) is 4.63. The number of nitrogens with zero attached hydrogens (tertiary/aromatic N) is 2. The Labute approximate surface area is 136 Å². The zero-order chi connectivity index (χ0) is 16.0. The molecule has 2 aromatic rings. The first-order chi connectivity index (χ1) is 11.1. The Hall–Kier alpha value is -1.75. The van der Waals surface area contributed by atoms with E-state index in [9.17, 15) is 10.3 Å². The lowest BCUT2D eigenvalue weighted by Gasteiger charge is -2.61. The highest BCUT2D eigenvalue weighted by molar-refractivity contribution is 5.82. The third kappa shape index (κ3) is 2.29. The van der Waals surface area contributed by atoms with E-state index in [1.807, 2.05) is 36.4 Å². The SMILES string of the molecule is C=C[C@H]1C[N+]2([O-])CC[C@@H]1C[C@H]2[C@H](O)c1ccnc2ccccc12. The minimum Gasteiger partial charge on any atom is -0.632 e. The third-order valence-electron chi connectivity index (χ3n) is 5.82. The molecular weight excluding hydrogens is 288 g/mol. The second-order valence-corrected chi connectivity index (χ2v) is 6.97. The molecule has 5 rings (SSSR count). The Morgan fingerprint density at radius 1 is 1.35 bits per heavy atom. The highest BCUT2D eigenvalue weighted by Crippen LogP contribution is 2.46. The molecule has 1 N–H and O–H groups in total. The summed E-state index contributed by atoms with van der Waals surface area (Å²) in [6, 6.07) is 9.37. The molecule has 3 aliphatic rings. The van der Waals surface area contributed by atoms with Gasteiger partial charge in [-0.25, -0.2) is 0 Å². The molecule has 3 aliphatic heterocycles. The van der Waals surface area contributed by atoms with Gasteiger partial charge in [0.1, 0.15) is 12.1 Å². The second kappa shape index (κ2) is 5.41. The van der Waals surface area contributed by atoms with E-state index >= 15 is 0 Å². The van der Waals surface area contributed by atoms with Gasteiger partial charge in [-0.15, -0.1) is 6.58 Å². The Morgan fingerprint density at radius 3 is 2.96 bits per heavy atom. The first-order valence-electron chi connectivity index (χ1n) is 8.34. The van der Waals surface area contributed by atoms with Crippen LogP contribution in [0.15, 0.2) is 49.2 Å². The molecule has 2 bridgehead atoms. The molecule has 0 saturated carbocycles. The Morgan fingerprint density at radius 2 is 2.17 bits per heavy atom. The number of hydrogen-bond donors (Lipinski definition) is 1. The summed E-state index contributed by atoms with van der Waals surface area (Å²) in [5, 5.41) is 25.3. The smallest absolute Gasteiger partial charge is 0.132 e. The number of quaternary nitrogens is 1. The van der Waals surface area contributed by atoms with E-state index in [-0.39, 0.29) is 10.7 Å². The summed E-state index contributed by atoms with van der Waals surface area (Å²) in [7, 11) is 0. The number of aliphatic hydroxyl groups excluding tert-OH is 1. The first kappa shape index (κ1) is 14.8. The number of hydrogen-bond acceptors (Lipinski definition) is 3. The van der Waals surface area contributed by atoms with Gasteiger partial charge in [0.25, 0.3) is 0 Å². The Bertz CT molecular complexity index is 742. The van der Waals surface area contributed by atoms with E-state index in [0.717, 1.165) is 29.3 Å². The maximum absolute atomic E-state index is 13.3. The summed E-state index contributed by atoms with van der Waals surface area (Å²) in [5.74, 6) is 0.771. The predicted octanol–water partition coefficient (Wildman–Crippen LogP) is 3.18. The zero-order valence-corrected chi connectivity index (χ0v) is 13.1. The number of fused-ring (bicyclic) bond motifs is 4. The number of aliphatic hydroxyl groups is 1. The van der Waals surface area contributed by atoms with E-state index in [4.69, 9.17) is 0 Å². The van der Waals surface area contributed by atoms with Crippen LogP contribution in [0.1, 0.15) is 24.5 Å². The van der Waals surface area contributed by atoms with Gasteiger partial charge in [0.05, 0.1) is 18.6 Å². The molecular formula is C19H22N2O2. The first-order valence-corrected chi connectivity index (χ1v) is 8.34. The summed E-state index contributed by atoms with van der Waals surface area (Å²) < 4.78 is -0.287. The van der Waals surface area contributed by atoms with Gasteiger partial charge < -0.3 is 15.0 Å². The lowest BCUT2D eigenvalue weighted by molar-refractivity contribution is -0.929. The average molecular weight is 310 g/mol. The maximum atomic E-state index is 13.3. The van der Waals surface area contributed by atoms with Crippen molar-refractivity contribution in [3.63, 3.8) is 0 Å². The van der Waals surface area contributed by atoms with Gasteiger partial charge in [0.15, 0.2) is 0 Å². The second-order valence-electron chi connectivity index (χ2n) is 6.97. The van der Waals surface area contributed by atoms with Crippen LogP contribution in [-0.4, -0.2) is 33.9 Å². The van der Waals surface area contributed by atoms with Gasteiger partial charge in [-0.1, -0.05) is 24.3 Å². The van der Waals surface area contributed by atoms with Crippen LogP contribution in [0.4, 0.5) is 0 Å². The van der Waals surface area contributed by atoms with Crippen LogP contribution in [0.5, 0.6) is 0 Å². The molecule has 1 unspecified atom stereocenters. The van der Waals surface area contributed by atoms with Crippen molar-refractivity contribution < 1.29 is 9.75 Å². The normalized spacial score (nSPS) is 34.4. The standard InChI is InChI=1S/C19H22N2O2/c1-2-13-12-21(23)10-8-14(13)11-18(21)19(22)16-7-9-20-17-6-4-3-5-15(16)17/h2-7,9,13-14,18-19,22H,1,8,10-12H2/t13-,14+,18-,19+,21?/m0/s1. The molecule has 23 heavy (non-hydrogen) atoms. The van der Waals surface area contributed by atoms with Gasteiger partial charge in [-0.3, -0.25) is 4.98 Å². The molecule has 120 valence electrons. The summed E-state index contributed by atoms with van der Waals surface area (Å²) in [4.78, 5) is 4.35. The highest BCUT2D eigenvalue weighted by atomic mass is 16.6. The van der Waals surface area contributed by atoms with Gasteiger partial charge in [0, 0.05) is 30.3 Å². The lowest BCUT2D eigenvalue weighted by Crippen LogP contribution is -2.64. The average Bonchev–Trinajstić information content (AvgIpc) is 2.60. The van der Waals surface area contributed by atoms with Crippen LogP contribution in [0.3, 0.4) is 0 Å². The van der Waals surface area contributed by atoms with E-state index < -0.39 is 6.10 Å². The minimum absolute atomic E-state index is 0.282. The number of rotatable bonds is 3. The van der Waals surface area contributed by atoms with Crippen LogP contribution in [-0.2, 0) is 0 Å². The summed E-state index contributed by atoms with van der Waals surface area (Å²) >= 11 is 0. The van der Waals surface area contributed by atoms with Crippen molar-refractivity contribution in [2.75, 3.05) is 13.1 Å². The Balaban J connectivity index is 1.72. The van der Waals surface area contributed by atoms with Gasteiger partial charge in [-0.05, 0) is 23.6 Å². The van der Waals surface area contributed by atoms with Crippen molar-refractivity contribution in [3.05, 3.63) is 60.0 Å². The van der Waals surface area contributed by atoms with Crippen molar-refractivity contribution in [1.82, 2.24) is 4.98 Å². The quantitative estimate of drug-likeness (QED) is 0.538. The number of aromatic nitrogens is 1.